The molecule has 0 fully saturated rings. The lowest BCUT2D eigenvalue weighted by Gasteiger charge is -2.32. The van der Waals surface area contributed by atoms with Crippen LogP contribution >= 0.6 is 11.8 Å². The van der Waals surface area contributed by atoms with Gasteiger partial charge in [-0.2, -0.15) is 5.10 Å². The first-order valence-corrected chi connectivity index (χ1v) is 7.56. The fourth-order valence-corrected chi connectivity index (χ4v) is 4.16. The maximum atomic E-state index is 4.25. The van der Waals surface area contributed by atoms with E-state index in [1.165, 1.54) is 28.9 Å². The van der Waals surface area contributed by atoms with E-state index in [1.54, 1.807) is 0 Å². The van der Waals surface area contributed by atoms with Gasteiger partial charge in [-0.25, -0.2) is 0 Å². The van der Waals surface area contributed by atoms with Gasteiger partial charge in [0.25, 0.3) is 0 Å². The minimum absolute atomic E-state index is 0.426. The third kappa shape index (κ3) is 2.55. The molecule has 0 saturated heterocycles. The molecule has 1 N–H and O–H groups in total. The Morgan fingerprint density at radius 1 is 1.37 bits per heavy atom. The molecule has 0 radical (unpaired) electrons. The smallest absolute Gasteiger partial charge is 0.0625 e. The van der Waals surface area contributed by atoms with Crippen molar-refractivity contribution in [3.63, 3.8) is 0 Å². The van der Waals surface area contributed by atoms with Crippen molar-refractivity contribution in [3.8, 4) is 0 Å². The van der Waals surface area contributed by atoms with Crippen LogP contribution in [0.5, 0.6) is 0 Å². The Balaban J connectivity index is 1.84. The lowest BCUT2D eigenvalue weighted by molar-refractivity contribution is 0.510. The number of aryl methyl sites for hydroxylation is 2. The molecule has 2 aromatic rings. The van der Waals surface area contributed by atoms with E-state index >= 15 is 0 Å². The second-order valence-electron chi connectivity index (χ2n) is 5.01. The highest BCUT2D eigenvalue weighted by molar-refractivity contribution is 8.00. The van der Waals surface area contributed by atoms with E-state index in [-0.39, 0.29) is 0 Å². The van der Waals surface area contributed by atoms with Crippen LogP contribution in [0.3, 0.4) is 0 Å². The molecule has 0 spiro atoms. The quantitative estimate of drug-likeness (QED) is 0.932. The van der Waals surface area contributed by atoms with Gasteiger partial charge < -0.3 is 5.32 Å². The average Bonchev–Trinajstić information content (AvgIpc) is 2.84. The molecule has 1 heterocycles. The van der Waals surface area contributed by atoms with Gasteiger partial charge in [0.1, 0.15) is 0 Å². The summed E-state index contributed by atoms with van der Waals surface area (Å²) in [7, 11) is 4.03. The number of hydrogen-bond acceptors (Lipinski definition) is 3. The number of thioether (sulfide) groups is 1. The van der Waals surface area contributed by atoms with Crippen molar-refractivity contribution in [2.75, 3.05) is 7.05 Å². The summed E-state index contributed by atoms with van der Waals surface area (Å²) in [6.07, 6.45) is 6.43. The van der Waals surface area contributed by atoms with E-state index in [2.05, 4.69) is 47.9 Å². The standard InChI is InChI=1S/C15H19N3S/c1-16-15-13-6-4-3-5-11(13)7-8-14(15)19-12-9-17-18(2)10-12/h3-6,9-10,14-16H,7-8H2,1-2H3. The largest absolute Gasteiger partial charge is 0.312 e. The van der Waals surface area contributed by atoms with E-state index in [4.69, 9.17) is 0 Å². The number of nitrogens with one attached hydrogen (secondary N) is 1. The summed E-state index contributed by atoms with van der Waals surface area (Å²) in [5, 5.41) is 8.32. The van der Waals surface area contributed by atoms with Gasteiger partial charge in [-0.05, 0) is 31.0 Å². The molecule has 0 bridgehead atoms. The number of fused-ring (bicyclic) bond motifs is 1. The van der Waals surface area contributed by atoms with Crippen LogP contribution in [0.1, 0.15) is 23.6 Å². The molecule has 1 aromatic heterocycles. The Morgan fingerprint density at radius 2 is 2.21 bits per heavy atom. The first kappa shape index (κ1) is 12.8. The molecule has 19 heavy (non-hydrogen) atoms. The van der Waals surface area contributed by atoms with E-state index in [0.717, 1.165) is 0 Å². The monoisotopic (exact) mass is 273 g/mol. The fourth-order valence-electron chi connectivity index (χ4n) is 2.83. The van der Waals surface area contributed by atoms with Gasteiger partial charge in [-0.1, -0.05) is 24.3 Å². The highest BCUT2D eigenvalue weighted by Gasteiger charge is 2.29. The van der Waals surface area contributed by atoms with Crippen LogP contribution in [0.15, 0.2) is 41.6 Å². The lowest BCUT2D eigenvalue weighted by Crippen LogP contribution is -2.32. The van der Waals surface area contributed by atoms with Gasteiger partial charge in [-0.3, -0.25) is 4.68 Å². The molecule has 1 aliphatic rings. The predicted molar refractivity (Wildman–Crippen MR) is 79.4 cm³/mol. The van der Waals surface area contributed by atoms with Gasteiger partial charge in [0.15, 0.2) is 0 Å². The van der Waals surface area contributed by atoms with E-state index in [9.17, 15) is 0 Å². The minimum atomic E-state index is 0.426. The van der Waals surface area contributed by atoms with E-state index < -0.39 is 0 Å². The third-order valence-electron chi connectivity index (χ3n) is 3.74. The molecule has 1 aliphatic carbocycles. The summed E-state index contributed by atoms with van der Waals surface area (Å²) >= 11 is 1.94. The second kappa shape index (κ2) is 5.39. The zero-order valence-corrected chi connectivity index (χ0v) is 12.2. The van der Waals surface area contributed by atoms with Crippen molar-refractivity contribution >= 4 is 11.8 Å². The number of benzene rings is 1. The van der Waals surface area contributed by atoms with Gasteiger partial charge in [0.2, 0.25) is 0 Å². The van der Waals surface area contributed by atoms with E-state index in [0.29, 0.717) is 11.3 Å². The van der Waals surface area contributed by atoms with E-state index in [1.807, 2.05) is 29.7 Å². The number of aromatic nitrogens is 2. The van der Waals surface area contributed by atoms with Crippen LogP contribution in [-0.2, 0) is 13.5 Å². The molecule has 0 aliphatic heterocycles. The van der Waals surface area contributed by atoms with Gasteiger partial charge in [0, 0.05) is 29.4 Å². The summed E-state index contributed by atoms with van der Waals surface area (Å²) in [6, 6.07) is 9.22. The third-order valence-corrected chi connectivity index (χ3v) is 5.03. The van der Waals surface area contributed by atoms with Crippen molar-refractivity contribution in [1.29, 1.82) is 0 Å². The molecule has 2 unspecified atom stereocenters. The first-order valence-electron chi connectivity index (χ1n) is 6.68. The highest BCUT2D eigenvalue weighted by atomic mass is 32.2. The zero-order valence-electron chi connectivity index (χ0n) is 11.3. The summed E-state index contributed by atoms with van der Waals surface area (Å²) in [5.74, 6) is 0. The van der Waals surface area contributed by atoms with Crippen LogP contribution in [0.25, 0.3) is 0 Å². The molecule has 4 heteroatoms. The minimum Gasteiger partial charge on any atom is -0.312 e. The first-order chi connectivity index (χ1) is 9.28. The molecule has 100 valence electrons. The molecule has 0 saturated carbocycles. The Morgan fingerprint density at radius 3 is 2.95 bits per heavy atom. The van der Waals surface area contributed by atoms with Crippen LogP contribution in [0, 0.1) is 0 Å². The van der Waals surface area contributed by atoms with Crippen molar-refractivity contribution in [2.24, 2.45) is 7.05 Å². The van der Waals surface area contributed by atoms with Crippen molar-refractivity contribution < 1.29 is 0 Å². The number of hydrogen-bond donors (Lipinski definition) is 1. The number of nitrogens with zero attached hydrogens (tertiary/aromatic N) is 2. The number of rotatable bonds is 3. The molecule has 3 nitrogen and oxygen atoms in total. The van der Waals surface area contributed by atoms with Crippen LogP contribution in [0.2, 0.25) is 0 Å². The van der Waals surface area contributed by atoms with Crippen LogP contribution in [0.4, 0.5) is 0 Å². The maximum Gasteiger partial charge on any atom is 0.0625 e. The van der Waals surface area contributed by atoms with Crippen molar-refractivity contribution in [2.45, 2.75) is 29.0 Å². The zero-order chi connectivity index (χ0) is 13.2. The van der Waals surface area contributed by atoms with Gasteiger partial charge >= 0.3 is 0 Å². The molecule has 1 aromatic carbocycles. The molecule has 3 rings (SSSR count). The topological polar surface area (TPSA) is 29.9 Å². The fraction of sp³-hybridized carbons (Fsp3) is 0.400. The normalized spacial score (nSPS) is 22.2. The summed E-state index contributed by atoms with van der Waals surface area (Å²) in [5.41, 5.74) is 2.95. The maximum absolute atomic E-state index is 4.25. The molecular formula is C15H19N3S. The summed E-state index contributed by atoms with van der Waals surface area (Å²) in [6.45, 7) is 0. The van der Waals surface area contributed by atoms with Crippen LogP contribution < -0.4 is 5.32 Å². The molecule has 0 amide bonds. The lowest BCUT2D eigenvalue weighted by atomic mass is 9.87. The Bertz CT molecular complexity index is 564. The Kier molecular flexibility index (Phi) is 3.62. The average molecular weight is 273 g/mol. The molecular weight excluding hydrogens is 254 g/mol. The van der Waals surface area contributed by atoms with Gasteiger partial charge in [-0.15, -0.1) is 11.8 Å². The predicted octanol–water partition coefficient (Wildman–Crippen LogP) is 2.79. The Labute approximate surface area is 118 Å². The Hall–Kier alpha value is -1.26. The summed E-state index contributed by atoms with van der Waals surface area (Å²) < 4.78 is 1.87. The summed E-state index contributed by atoms with van der Waals surface area (Å²) in [4.78, 5) is 1.26. The van der Waals surface area contributed by atoms with Crippen LogP contribution in [-0.4, -0.2) is 22.1 Å². The second-order valence-corrected chi connectivity index (χ2v) is 6.32. The highest BCUT2D eigenvalue weighted by Crippen LogP contribution is 2.39. The SMILES string of the molecule is CNC1c2ccccc2CCC1Sc1cnn(C)c1. The van der Waals surface area contributed by atoms with Crippen molar-refractivity contribution in [1.82, 2.24) is 15.1 Å². The van der Waals surface area contributed by atoms with Crippen molar-refractivity contribution in [3.05, 3.63) is 47.8 Å². The van der Waals surface area contributed by atoms with Gasteiger partial charge in [0.05, 0.1) is 6.20 Å². The molecule has 2 atom stereocenters.